The van der Waals surface area contributed by atoms with Gasteiger partial charge in [0, 0.05) is 38.8 Å². The Labute approximate surface area is 180 Å². The molecule has 2 N–H and O–H groups in total. The van der Waals surface area contributed by atoms with Crippen LogP contribution >= 0.6 is 0 Å². The van der Waals surface area contributed by atoms with Crippen LogP contribution in [0.3, 0.4) is 0 Å². The van der Waals surface area contributed by atoms with Crippen molar-refractivity contribution >= 4 is 11.7 Å². The molecule has 1 aromatic carbocycles. The molecule has 0 radical (unpaired) electrons. The first-order chi connectivity index (χ1) is 14.2. The highest BCUT2D eigenvalue weighted by Crippen LogP contribution is 2.34. The molecule has 2 aliphatic heterocycles. The molecule has 0 amide bonds. The molecule has 0 saturated carbocycles. The predicted molar refractivity (Wildman–Crippen MR) is 118 cm³/mol. The second-order valence-corrected chi connectivity index (χ2v) is 9.42. The van der Waals surface area contributed by atoms with E-state index in [0.29, 0.717) is 6.54 Å². The first-order valence-corrected chi connectivity index (χ1v) is 10.9. The zero-order valence-electron chi connectivity index (χ0n) is 19.0. The largest absolute Gasteiger partial charge is 0.465 e. The van der Waals surface area contributed by atoms with E-state index < -0.39 is 0 Å². The number of hydrogen-bond donors (Lipinski definition) is 1. The Morgan fingerprint density at radius 1 is 1.27 bits per heavy atom. The summed E-state index contributed by atoms with van der Waals surface area (Å²) >= 11 is 0. The number of ether oxygens (including phenoxy) is 3. The Morgan fingerprint density at radius 2 is 2.00 bits per heavy atom. The fraction of sp³-hybridized carbons (Fsp3) is 0.696. The lowest BCUT2D eigenvalue weighted by Crippen LogP contribution is -2.62. The number of benzene rings is 1. The van der Waals surface area contributed by atoms with Crippen LogP contribution in [-0.4, -0.2) is 68.6 Å². The Kier molecular flexibility index (Phi) is 7.26. The van der Waals surface area contributed by atoms with Crippen LogP contribution in [0, 0.1) is 11.8 Å². The number of hydrogen-bond acceptors (Lipinski definition) is 7. The van der Waals surface area contributed by atoms with Gasteiger partial charge >= 0.3 is 5.97 Å². The van der Waals surface area contributed by atoms with E-state index in [4.69, 9.17) is 19.9 Å². The molecule has 168 valence electrons. The Balaban J connectivity index is 1.63. The molecular formula is C23H37N3O4. The number of esters is 1. The first-order valence-electron chi connectivity index (χ1n) is 10.9. The molecule has 2 aliphatic rings. The SMILES string of the molecule is COCOc1ccccc1N1CCN(C[C@H](N)[C@@H]2C[C@@H](C(C)C)C(=O)O2)C(C)(C)C1. The van der Waals surface area contributed by atoms with Gasteiger partial charge in [-0.05, 0) is 38.3 Å². The van der Waals surface area contributed by atoms with Gasteiger partial charge in [0.1, 0.15) is 11.9 Å². The van der Waals surface area contributed by atoms with Crippen molar-refractivity contribution in [2.24, 2.45) is 17.6 Å². The first kappa shape index (κ1) is 22.8. The van der Waals surface area contributed by atoms with Crippen molar-refractivity contribution in [2.45, 2.75) is 51.8 Å². The van der Waals surface area contributed by atoms with Gasteiger partial charge in [-0.25, -0.2) is 0 Å². The van der Waals surface area contributed by atoms with Gasteiger partial charge in [-0.3, -0.25) is 9.69 Å². The molecule has 7 heteroatoms. The van der Waals surface area contributed by atoms with Crippen molar-refractivity contribution in [3.8, 4) is 5.75 Å². The highest BCUT2D eigenvalue weighted by Gasteiger charge is 2.42. The molecule has 3 atom stereocenters. The number of nitrogens with two attached hydrogens (primary N) is 1. The van der Waals surface area contributed by atoms with Crippen molar-refractivity contribution in [1.29, 1.82) is 0 Å². The molecule has 0 unspecified atom stereocenters. The minimum absolute atomic E-state index is 0.0329. The molecule has 2 heterocycles. The summed E-state index contributed by atoms with van der Waals surface area (Å²) in [7, 11) is 1.62. The van der Waals surface area contributed by atoms with Crippen molar-refractivity contribution in [1.82, 2.24) is 4.90 Å². The van der Waals surface area contributed by atoms with E-state index in [9.17, 15) is 4.79 Å². The summed E-state index contributed by atoms with van der Waals surface area (Å²) in [6.07, 6.45) is 0.532. The Morgan fingerprint density at radius 3 is 2.63 bits per heavy atom. The normalized spacial score (nSPS) is 25.4. The number of anilines is 1. The van der Waals surface area contributed by atoms with Crippen LogP contribution in [0.1, 0.15) is 34.1 Å². The van der Waals surface area contributed by atoms with Crippen molar-refractivity contribution in [3.05, 3.63) is 24.3 Å². The number of rotatable bonds is 8. The quantitative estimate of drug-likeness (QED) is 0.512. The average Bonchev–Trinajstić information content (AvgIpc) is 3.10. The smallest absolute Gasteiger partial charge is 0.309 e. The minimum atomic E-state index is -0.193. The van der Waals surface area contributed by atoms with Crippen molar-refractivity contribution < 1.29 is 19.0 Å². The standard InChI is InChI=1S/C23H37N3O4/c1-16(2)17-12-21(30-22(17)27)18(24)13-26-11-10-25(14-23(26,3)4)19-8-6-7-9-20(19)29-15-28-5/h6-9,16-18,21H,10-15,24H2,1-5H3/t17-,18-,21-/m0/s1. The zero-order valence-corrected chi connectivity index (χ0v) is 19.0. The number of nitrogens with zero attached hydrogens (tertiary/aromatic N) is 2. The molecule has 2 saturated heterocycles. The number of methoxy groups -OCH3 is 1. The topological polar surface area (TPSA) is 77.3 Å². The van der Waals surface area contributed by atoms with Crippen LogP contribution in [0.2, 0.25) is 0 Å². The monoisotopic (exact) mass is 419 g/mol. The number of piperazine rings is 1. The number of cyclic esters (lactones) is 1. The van der Waals surface area contributed by atoms with Gasteiger partial charge in [0.05, 0.1) is 17.6 Å². The third kappa shape index (κ3) is 5.07. The van der Waals surface area contributed by atoms with Crippen molar-refractivity contribution in [2.75, 3.05) is 45.0 Å². The van der Waals surface area contributed by atoms with E-state index in [0.717, 1.165) is 37.5 Å². The molecule has 0 bridgehead atoms. The van der Waals surface area contributed by atoms with Gasteiger partial charge in [-0.1, -0.05) is 26.0 Å². The van der Waals surface area contributed by atoms with Crippen LogP contribution in [0.5, 0.6) is 5.75 Å². The van der Waals surface area contributed by atoms with Crippen LogP contribution in [0.4, 0.5) is 5.69 Å². The zero-order chi connectivity index (χ0) is 21.9. The molecule has 1 aromatic rings. The molecule has 0 spiro atoms. The number of carbonyl (C=O) groups excluding carboxylic acids is 1. The second kappa shape index (κ2) is 9.54. The Bertz CT molecular complexity index is 724. The van der Waals surface area contributed by atoms with E-state index in [1.807, 2.05) is 18.2 Å². The third-order valence-electron chi connectivity index (χ3n) is 6.38. The molecular weight excluding hydrogens is 382 g/mol. The van der Waals surface area contributed by atoms with Gasteiger partial charge in [0.2, 0.25) is 0 Å². The fourth-order valence-corrected chi connectivity index (χ4v) is 4.51. The van der Waals surface area contributed by atoms with Gasteiger partial charge < -0.3 is 24.8 Å². The maximum Gasteiger partial charge on any atom is 0.309 e. The summed E-state index contributed by atoms with van der Waals surface area (Å²) in [6, 6.07) is 7.89. The summed E-state index contributed by atoms with van der Waals surface area (Å²) in [6.45, 7) is 12.2. The molecule has 0 aromatic heterocycles. The van der Waals surface area contributed by atoms with Crippen LogP contribution in [-0.2, 0) is 14.3 Å². The third-order valence-corrected chi connectivity index (χ3v) is 6.38. The van der Waals surface area contributed by atoms with Crippen molar-refractivity contribution in [3.63, 3.8) is 0 Å². The lowest BCUT2D eigenvalue weighted by molar-refractivity contribution is -0.146. The number of para-hydroxylation sites is 2. The van der Waals surface area contributed by atoms with E-state index >= 15 is 0 Å². The summed E-state index contributed by atoms with van der Waals surface area (Å²) in [5.41, 5.74) is 7.51. The van der Waals surface area contributed by atoms with Crippen LogP contribution in [0.25, 0.3) is 0 Å². The molecule has 30 heavy (non-hydrogen) atoms. The van der Waals surface area contributed by atoms with E-state index in [1.54, 1.807) is 7.11 Å². The summed E-state index contributed by atoms with van der Waals surface area (Å²) in [5, 5.41) is 0. The van der Waals surface area contributed by atoms with Gasteiger partial charge in [0.25, 0.3) is 0 Å². The van der Waals surface area contributed by atoms with E-state index in [-0.39, 0.29) is 42.3 Å². The predicted octanol–water partition coefficient (Wildman–Crippen LogP) is 2.48. The average molecular weight is 420 g/mol. The highest BCUT2D eigenvalue weighted by atomic mass is 16.7. The molecule has 2 fully saturated rings. The maximum atomic E-state index is 12.1. The van der Waals surface area contributed by atoms with Crippen LogP contribution < -0.4 is 15.4 Å². The van der Waals surface area contributed by atoms with Gasteiger partial charge in [-0.15, -0.1) is 0 Å². The lowest BCUT2D eigenvalue weighted by atomic mass is 9.90. The fourth-order valence-electron chi connectivity index (χ4n) is 4.51. The lowest BCUT2D eigenvalue weighted by Gasteiger charge is -2.49. The molecule has 0 aliphatic carbocycles. The highest BCUT2D eigenvalue weighted by molar-refractivity contribution is 5.75. The van der Waals surface area contributed by atoms with E-state index in [2.05, 4.69) is 43.6 Å². The summed E-state index contributed by atoms with van der Waals surface area (Å²) < 4.78 is 16.5. The summed E-state index contributed by atoms with van der Waals surface area (Å²) in [4.78, 5) is 16.9. The Hall–Kier alpha value is -1.83. The molecule has 7 nitrogen and oxygen atoms in total. The molecule has 3 rings (SSSR count). The van der Waals surface area contributed by atoms with Gasteiger partial charge in [0.15, 0.2) is 6.79 Å². The van der Waals surface area contributed by atoms with Gasteiger partial charge in [-0.2, -0.15) is 0 Å². The minimum Gasteiger partial charge on any atom is -0.465 e. The van der Waals surface area contributed by atoms with E-state index in [1.165, 1.54) is 0 Å². The number of carbonyl (C=O) groups is 1. The summed E-state index contributed by atoms with van der Waals surface area (Å²) in [5.74, 6) is 0.990. The second-order valence-electron chi connectivity index (χ2n) is 9.42. The maximum absolute atomic E-state index is 12.1. The van der Waals surface area contributed by atoms with Crippen LogP contribution in [0.15, 0.2) is 24.3 Å².